The molecule has 1 aliphatic heterocycles. The lowest BCUT2D eigenvalue weighted by molar-refractivity contribution is 0.271. The summed E-state index contributed by atoms with van der Waals surface area (Å²) in [6.07, 6.45) is 1.18. The second-order valence-electron chi connectivity index (χ2n) is 6.44. The van der Waals surface area contributed by atoms with Gasteiger partial charge in [0.2, 0.25) is 0 Å². The number of nitrogens with zero attached hydrogens (tertiary/aromatic N) is 1. The molecule has 2 N–H and O–H groups in total. The highest BCUT2D eigenvalue weighted by atomic mass is 16.5. The molecule has 0 amide bonds. The van der Waals surface area contributed by atoms with Gasteiger partial charge in [0, 0.05) is 18.7 Å². The molecule has 0 saturated carbocycles. The van der Waals surface area contributed by atoms with Gasteiger partial charge in [-0.1, -0.05) is 37.3 Å². The Balaban J connectivity index is 1.93. The van der Waals surface area contributed by atoms with Crippen molar-refractivity contribution >= 4 is 10.8 Å². The fourth-order valence-electron chi connectivity index (χ4n) is 3.32. The lowest BCUT2D eigenvalue weighted by Gasteiger charge is -2.23. The fraction of sp³-hybridized carbons (Fsp3) is 0.444. The number of hydrogen-bond donors (Lipinski definition) is 1. The van der Waals surface area contributed by atoms with Gasteiger partial charge in [-0.2, -0.15) is 0 Å². The zero-order valence-electron chi connectivity index (χ0n) is 12.9. The van der Waals surface area contributed by atoms with Crippen molar-refractivity contribution in [1.29, 1.82) is 0 Å². The van der Waals surface area contributed by atoms with Crippen molar-refractivity contribution in [1.82, 2.24) is 4.90 Å². The molecule has 2 aromatic carbocycles. The molecule has 1 unspecified atom stereocenters. The third-order valence-corrected chi connectivity index (χ3v) is 4.73. The summed E-state index contributed by atoms with van der Waals surface area (Å²) in [6.45, 7) is 6.15. The van der Waals surface area contributed by atoms with Gasteiger partial charge in [0.1, 0.15) is 5.75 Å². The number of ether oxygens (including phenoxy) is 1. The highest BCUT2D eigenvalue weighted by Gasteiger charge is 2.32. The molecule has 3 heteroatoms. The molecule has 2 aromatic rings. The SMILES string of the molecule is COc1ccc2ccccc2c1CN1CCC(C)(CN)C1. The first-order valence-electron chi connectivity index (χ1n) is 7.62. The molecule has 3 rings (SSSR count). The summed E-state index contributed by atoms with van der Waals surface area (Å²) in [6, 6.07) is 12.7. The van der Waals surface area contributed by atoms with E-state index in [4.69, 9.17) is 10.5 Å². The smallest absolute Gasteiger partial charge is 0.123 e. The third kappa shape index (κ3) is 2.76. The van der Waals surface area contributed by atoms with Gasteiger partial charge >= 0.3 is 0 Å². The molecule has 112 valence electrons. The van der Waals surface area contributed by atoms with Crippen molar-refractivity contribution in [3.63, 3.8) is 0 Å². The Morgan fingerprint density at radius 1 is 1.24 bits per heavy atom. The summed E-state index contributed by atoms with van der Waals surface area (Å²) in [5.74, 6) is 0.982. The first-order valence-corrected chi connectivity index (χ1v) is 7.62. The molecule has 0 aromatic heterocycles. The molecule has 0 aliphatic carbocycles. The van der Waals surface area contributed by atoms with Crippen molar-refractivity contribution in [3.05, 3.63) is 42.0 Å². The Bertz CT molecular complexity index is 640. The van der Waals surface area contributed by atoms with Gasteiger partial charge in [-0.05, 0) is 41.8 Å². The Labute approximate surface area is 126 Å². The maximum atomic E-state index is 5.92. The minimum absolute atomic E-state index is 0.262. The largest absolute Gasteiger partial charge is 0.496 e. The fourth-order valence-corrected chi connectivity index (χ4v) is 3.32. The van der Waals surface area contributed by atoms with E-state index in [1.807, 2.05) is 0 Å². The summed E-state index contributed by atoms with van der Waals surface area (Å²) in [7, 11) is 1.75. The first kappa shape index (κ1) is 14.4. The van der Waals surface area contributed by atoms with Crippen molar-refractivity contribution in [3.8, 4) is 5.75 Å². The lowest BCUT2D eigenvalue weighted by Crippen LogP contribution is -2.31. The van der Waals surface area contributed by atoms with E-state index in [1.165, 1.54) is 22.8 Å². The molecule has 1 aliphatic rings. The highest BCUT2D eigenvalue weighted by Crippen LogP contribution is 2.33. The van der Waals surface area contributed by atoms with Crippen LogP contribution in [-0.4, -0.2) is 31.6 Å². The molecular weight excluding hydrogens is 260 g/mol. The molecular formula is C18H24N2O. The molecule has 0 spiro atoms. The second kappa shape index (κ2) is 5.66. The number of hydrogen-bond acceptors (Lipinski definition) is 3. The molecule has 1 saturated heterocycles. The van der Waals surface area contributed by atoms with E-state index in [-0.39, 0.29) is 5.41 Å². The monoisotopic (exact) mass is 284 g/mol. The van der Waals surface area contributed by atoms with Crippen molar-refractivity contribution in [2.45, 2.75) is 19.9 Å². The van der Waals surface area contributed by atoms with Crippen molar-refractivity contribution < 1.29 is 4.74 Å². The van der Waals surface area contributed by atoms with Gasteiger partial charge in [0.15, 0.2) is 0 Å². The zero-order chi connectivity index (χ0) is 14.9. The van der Waals surface area contributed by atoms with Gasteiger partial charge in [-0.25, -0.2) is 0 Å². The molecule has 0 bridgehead atoms. The van der Waals surface area contributed by atoms with E-state index in [0.717, 1.165) is 31.9 Å². The van der Waals surface area contributed by atoms with Crippen molar-refractivity contribution in [2.24, 2.45) is 11.1 Å². The molecule has 1 fully saturated rings. The van der Waals surface area contributed by atoms with Crippen LogP contribution in [0, 0.1) is 5.41 Å². The second-order valence-corrected chi connectivity index (χ2v) is 6.44. The summed E-state index contributed by atoms with van der Waals surface area (Å²) >= 11 is 0. The maximum absolute atomic E-state index is 5.92. The molecule has 3 nitrogen and oxygen atoms in total. The number of rotatable bonds is 4. The number of fused-ring (bicyclic) bond motifs is 1. The van der Waals surface area contributed by atoms with E-state index in [9.17, 15) is 0 Å². The van der Waals surface area contributed by atoms with Gasteiger partial charge < -0.3 is 10.5 Å². The summed E-state index contributed by atoms with van der Waals surface area (Å²) in [5.41, 5.74) is 7.47. The topological polar surface area (TPSA) is 38.5 Å². The van der Waals surface area contributed by atoms with Gasteiger partial charge in [-0.3, -0.25) is 4.90 Å². The van der Waals surface area contributed by atoms with E-state index < -0.39 is 0 Å². The van der Waals surface area contributed by atoms with E-state index >= 15 is 0 Å². The quantitative estimate of drug-likeness (QED) is 0.938. The highest BCUT2D eigenvalue weighted by molar-refractivity contribution is 5.87. The summed E-state index contributed by atoms with van der Waals surface area (Å²) in [4.78, 5) is 2.50. The number of methoxy groups -OCH3 is 1. The van der Waals surface area contributed by atoms with Crippen LogP contribution in [0.1, 0.15) is 18.9 Å². The summed E-state index contributed by atoms with van der Waals surface area (Å²) in [5, 5.41) is 2.56. The standard InChI is InChI=1S/C18H24N2O/c1-18(12-19)9-10-20(13-18)11-16-15-6-4-3-5-14(15)7-8-17(16)21-2/h3-8H,9-13,19H2,1-2H3. The molecule has 0 radical (unpaired) electrons. The van der Waals surface area contributed by atoms with Crippen LogP contribution in [0.3, 0.4) is 0 Å². The average molecular weight is 284 g/mol. The Morgan fingerprint density at radius 2 is 2.05 bits per heavy atom. The Hall–Kier alpha value is -1.58. The Morgan fingerprint density at radius 3 is 2.76 bits per heavy atom. The third-order valence-electron chi connectivity index (χ3n) is 4.73. The van der Waals surface area contributed by atoms with Crippen LogP contribution in [0.2, 0.25) is 0 Å². The summed E-state index contributed by atoms with van der Waals surface area (Å²) < 4.78 is 5.59. The van der Waals surface area contributed by atoms with Crippen LogP contribution < -0.4 is 10.5 Å². The lowest BCUT2D eigenvalue weighted by atomic mass is 9.90. The minimum atomic E-state index is 0.262. The first-order chi connectivity index (χ1) is 10.1. The predicted octanol–water partition coefficient (Wildman–Crippen LogP) is 3.02. The van der Waals surface area contributed by atoms with Crippen LogP contribution in [0.4, 0.5) is 0 Å². The normalized spacial score (nSPS) is 22.8. The molecule has 1 atom stereocenters. The van der Waals surface area contributed by atoms with Gasteiger partial charge in [-0.15, -0.1) is 0 Å². The zero-order valence-corrected chi connectivity index (χ0v) is 12.9. The van der Waals surface area contributed by atoms with Crippen LogP contribution in [0.5, 0.6) is 5.75 Å². The minimum Gasteiger partial charge on any atom is -0.496 e. The van der Waals surface area contributed by atoms with Crippen LogP contribution in [0.25, 0.3) is 10.8 Å². The molecule has 21 heavy (non-hydrogen) atoms. The maximum Gasteiger partial charge on any atom is 0.123 e. The number of likely N-dealkylation sites (tertiary alicyclic amines) is 1. The van der Waals surface area contributed by atoms with E-state index in [1.54, 1.807) is 7.11 Å². The Kier molecular flexibility index (Phi) is 3.87. The van der Waals surface area contributed by atoms with E-state index in [0.29, 0.717) is 0 Å². The van der Waals surface area contributed by atoms with Crippen LogP contribution in [0.15, 0.2) is 36.4 Å². The van der Waals surface area contributed by atoms with Gasteiger partial charge in [0.05, 0.1) is 7.11 Å². The average Bonchev–Trinajstić information content (AvgIpc) is 2.90. The predicted molar refractivity (Wildman–Crippen MR) is 87.6 cm³/mol. The van der Waals surface area contributed by atoms with Crippen molar-refractivity contribution in [2.75, 3.05) is 26.7 Å². The number of benzene rings is 2. The van der Waals surface area contributed by atoms with Crippen LogP contribution in [-0.2, 0) is 6.54 Å². The molecule has 1 heterocycles. The van der Waals surface area contributed by atoms with E-state index in [2.05, 4.69) is 48.2 Å². The van der Waals surface area contributed by atoms with Crippen LogP contribution >= 0.6 is 0 Å². The van der Waals surface area contributed by atoms with Gasteiger partial charge in [0.25, 0.3) is 0 Å². The number of nitrogens with two attached hydrogens (primary N) is 1.